The molecule has 0 saturated heterocycles. The molecule has 16 heavy (non-hydrogen) atoms. The Balaban J connectivity index is 2.42. The van der Waals surface area contributed by atoms with Crippen molar-refractivity contribution in [2.75, 3.05) is 21.3 Å². The van der Waals surface area contributed by atoms with Gasteiger partial charge in [0.2, 0.25) is 0 Å². The summed E-state index contributed by atoms with van der Waals surface area (Å²) in [5.74, 6) is 0.312. The number of aliphatic hydroxyl groups is 1. The summed E-state index contributed by atoms with van der Waals surface area (Å²) in [5, 5.41) is 21.0. The maximum atomic E-state index is 10.0. The molecular weight excluding hydrogens is 216 g/mol. The van der Waals surface area contributed by atoms with E-state index in [9.17, 15) is 5.11 Å². The molecular formula is C8H14N4O4. The molecule has 2 rings (SSSR count). The summed E-state index contributed by atoms with van der Waals surface area (Å²) >= 11 is 0. The Morgan fingerprint density at radius 1 is 1.12 bits per heavy atom. The molecule has 1 aliphatic rings. The third-order valence-corrected chi connectivity index (χ3v) is 2.73. The molecule has 0 saturated carbocycles. The van der Waals surface area contributed by atoms with E-state index in [2.05, 4.69) is 15.5 Å². The number of fused-ring (bicyclic) bond motifs is 1. The van der Waals surface area contributed by atoms with Gasteiger partial charge in [0.05, 0.1) is 0 Å². The van der Waals surface area contributed by atoms with Gasteiger partial charge in [0.1, 0.15) is 18.3 Å². The van der Waals surface area contributed by atoms with Crippen LogP contribution in [-0.4, -0.2) is 58.9 Å². The number of aromatic nitrogens is 4. The van der Waals surface area contributed by atoms with Gasteiger partial charge in [-0.2, -0.15) is 4.68 Å². The summed E-state index contributed by atoms with van der Waals surface area (Å²) in [6.07, 6.45) is -2.48. The molecule has 0 aromatic carbocycles. The molecule has 1 N–H and O–H groups in total. The Morgan fingerprint density at radius 3 is 2.38 bits per heavy atom. The molecule has 1 aliphatic heterocycles. The number of nitrogens with zero attached hydrogens (tertiary/aromatic N) is 4. The number of tetrazole rings is 1. The number of rotatable bonds is 3. The lowest BCUT2D eigenvalue weighted by atomic mass is 10.0. The molecule has 0 aliphatic carbocycles. The highest BCUT2D eigenvalue weighted by atomic mass is 16.6. The first kappa shape index (κ1) is 11.4. The average Bonchev–Trinajstić information content (AvgIpc) is 2.77. The zero-order valence-corrected chi connectivity index (χ0v) is 9.27. The van der Waals surface area contributed by atoms with Crippen molar-refractivity contribution in [3.63, 3.8) is 0 Å². The first-order valence-electron chi connectivity index (χ1n) is 4.78. The minimum Gasteiger partial charge on any atom is -0.382 e. The summed E-state index contributed by atoms with van der Waals surface area (Å²) in [6, 6.07) is 0. The highest BCUT2D eigenvalue weighted by Crippen LogP contribution is 2.33. The number of ether oxygens (including phenoxy) is 3. The third-order valence-electron chi connectivity index (χ3n) is 2.73. The standard InChI is InChI=1S/C8H14N4O4/c1-14-5-4(13)7-9-10-11-12(7)8(16-3)6(5)15-2/h4-6,8,13H,1-3H3/t4-,5-,6-,8?/m0/s1. The van der Waals surface area contributed by atoms with E-state index in [1.807, 2.05) is 0 Å². The normalized spacial score (nSPS) is 33.8. The first-order chi connectivity index (χ1) is 7.74. The highest BCUT2D eigenvalue weighted by molar-refractivity contribution is 5.02. The van der Waals surface area contributed by atoms with E-state index >= 15 is 0 Å². The van der Waals surface area contributed by atoms with Crippen LogP contribution in [0.2, 0.25) is 0 Å². The van der Waals surface area contributed by atoms with Gasteiger partial charge in [-0.25, -0.2) is 0 Å². The topological polar surface area (TPSA) is 91.5 Å². The number of methoxy groups -OCH3 is 3. The van der Waals surface area contributed by atoms with Crippen LogP contribution in [0.5, 0.6) is 0 Å². The molecule has 0 fully saturated rings. The molecule has 1 aromatic rings. The van der Waals surface area contributed by atoms with Gasteiger partial charge in [-0.3, -0.25) is 0 Å². The van der Waals surface area contributed by atoms with E-state index in [1.54, 1.807) is 0 Å². The van der Waals surface area contributed by atoms with E-state index in [0.717, 1.165) is 0 Å². The lowest BCUT2D eigenvalue weighted by Gasteiger charge is -2.37. The van der Waals surface area contributed by atoms with Crippen LogP contribution in [-0.2, 0) is 14.2 Å². The van der Waals surface area contributed by atoms with Gasteiger partial charge in [0, 0.05) is 21.3 Å². The summed E-state index contributed by atoms with van der Waals surface area (Å²) in [7, 11) is 4.53. The summed E-state index contributed by atoms with van der Waals surface area (Å²) < 4.78 is 17.1. The van der Waals surface area contributed by atoms with Crippen molar-refractivity contribution in [3.05, 3.63) is 5.82 Å². The number of hydrogen-bond donors (Lipinski definition) is 1. The lowest BCUT2D eigenvalue weighted by molar-refractivity contribution is -0.188. The lowest BCUT2D eigenvalue weighted by Crippen LogP contribution is -2.48. The molecule has 0 bridgehead atoms. The van der Waals surface area contributed by atoms with E-state index in [0.29, 0.717) is 5.82 Å². The van der Waals surface area contributed by atoms with Crippen LogP contribution in [0, 0.1) is 0 Å². The second kappa shape index (κ2) is 4.42. The van der Waals surface area contributed by atoms with E-state index in [1.165, 1.54) is 26.0 Å². The fourth-order valence-corrected chi connectivity index (χ4v) is 1.95. The largest absolute Gasteiger partial charge is 0.382 e. The summed E-state index contributed by atoms with van der Waals surface area (Å²) in [5.41, 5.74) is 0. The van der Waals surface area contributed by atoms with Gasteiger partial charge in [0.15, 0.2) is 12.1 Å². The highest BCUT2D eigenvalue weighted by Gasteiger charge is 2.45. The van der Waals surface area contributed by atoms with Crippen LogP contribution in [0.3, 0.4) is 0 Å². The maximum Gasteiger partial charge on any atom is 0.185 e. The molecule has 8 heteroatoms. The van der Waals surface area contributed by atoms with Gasteiger partial charge >= 0.3 is 0 Å². The molecule has 90 valence electrons. The molecule has 0 spiro atoms. The first-order valence-corrected chi connectivity index (χ1v) is 4.78. The Kier molecular flexibility index (Phi) is 3.15. The second-order valence-electron chi connectivity index (χ2n) is 3.45. The Hall–Kier alpha value is -1.09. The van der Waals surface area contributed by atoms with Crippen molar-refractivity contribution in [2.24, 2.45) is 0 Å². The third kappa shape index (κ3) is 1.50. The van der Waals surface area contributed by atoms with Crippen molar-refractivity contribution >= 4 is 0 Å². The molecule has 0 amide bonds. The zero-order chi connectivity index (χ0) is 11.7. The van der Waals surface area contributed by atoms with Crippen LogP contribution in [0.4, 0.5) is 0 Å². The van der Waals surface area contributed by atoms with Crippen molar-refractivity contribution in [2.45, 2.75) is 24.5 Å². The van der Waals surface area contributed by atoms with Gasteiger partial charge in [-0.1, -0.05) is 0 Å². The van der Waals surface area contributed by atoms with Gasteiger partial charge < -0.3 is 19.3 Å². The van der Waals surface area contributed by atoms with Crippen molar-refractivity contribution < 1.29 is 19.3 Å². The average molecular weight is 230 g/mol. The van der Waals surface area contributed by atoms with Crippen LogP contribution in [0.25, 0.3) is 0 Å². The van der Waals surface area contributed by atoms with Crippen LogP contribution in [0.1, 0.15) is 18.2 Å². The Morgan fingerprint density at radius 2 is 1.81 bits per heavy atom. The zero-order valence-electron chi connectivity index (χ0n) is 9.27. The van der Waals surface area contributed by atoms with Gasteiger partial charge in [-0.15, -0.1) is 5.10 Å². The fourth-order valence-electron chi connectivity index (χ4n) is 1.95. The molecule has 2 heterocycles. The minimum absolute atomic E-state index is 0.312. The maximum absolute atomic E-state index is 10.0. The minimum atomic E-state index is -0.934. The Labute approximate surface area is 92.1 Å². The van der Waals surface area contributed by atoms with Gasteiger partial charge in [0.25, 0.3) is 0 Å². The molecule has 1 aromatic heterocycles. The molecule has 4 atom stereocenters. The van der Waals surface area contributed by atoms with Crippen LogP contribution >= 0.6 is 0 Å². The molecule has 0 radical (unpaired) electrons. The number of aliphatic hydroxyl groups excluding tert-OH is 1. The monoisotopic (exact) mass is 230 g/mol. The van der Waals surface area contributed by atoms with E-state index in [-0.39, 0.29) is 0 Å². The van der Waals surface area contributed by atoms with Gasteiger partial charge in [-0.05, 0) is 10.4 Å². The van der Waals surface area contributed by atoms with Crippen molar-refractivity contribution in [1.29, 1.82) is 0 Å². The molecule has 8 nitrogen and oxygen atoms in total. The fraction of sp³-hybridized carbons (Fsp3) is 0.875. The van der Waals surface area contributed by atoms with Crippen molar-refractivity contribution in [1.82, 2.24) is 20.2 Å². The number of hydrogen-bond acceptors (Lipinski definition) is 7. The predicted octanol–water partition coefficient (Wildman–Crippen LogP) is -1.10. The van der Waals surface area contributed by atoms with Crippen LogP contribution < -0.4 is 0 Å². The van der Waals surface area contributed by atoms with Crippen molar-refractivity contribution in [3.8, 4) is 0 Å². The second-order valence-corrected chi connectivity index (χ2v) is 3.45. The smallest absolute Gasteiger partial charge is 0.185 e. The quantitative estimate of drug-likeness (QED) is 0.704. The van der Waals surface area contributed by atoms with E-state index < -0.39 is 24.5 Å². The molecule has 1 unspecified atom stereocenters. The van der Waals surface area contributed by atoms with E-state index in [4.69, 9.17) is 14.2 Å². The summed E-state index contributed by atoms with van der Waals surface area (Å²) in [4.78, 5) is 0. The SMILES string of the molecule is COC1[C@@H](OC)[C@@H](OC)[C@H](O)c2nnnn21. The predicted molar refractivity (Wildman–Crippen MR) is 50.4 cm³/mol. The summed E-state index contributed by atoms with van der Waals surface area (Å²) in [6.45, 7) is 0. The Bertz CT molecular complexity index is 358. The van der Waals surface area contributed by atoms with Crippen LogP contribution in [0.15, 0.2) is 0 Å².